The Morgan fingerprint density at radius 2 is 1.85 bits per heavy atom. The van der Waals surface area contributed by atoms with Gasteiger partial charge >= 0.3 is 0 Å². The van der Waals surface area contributed by atoms with Crippen LogP contribution in [0, 0.1) is 6.92 Å². The predicted molar refractivity (Wildman–Crippen MR) is 105 cm³/mol. The molecule has 1 saturated heterocycles. The molecule has 26 heavy (non-hydrogen) atoms. The van der Waals surface area contributed by atoms with Crippen molar-refractivity contribution in [2.24, 2.45) is 0 Å². The average molecular weight is 353 g/mol. The standard InChI is InChI=1S/C20H27N5O/c1-3-4-10-21-19-15-18(22-16(2)23-19)20(26)25-13-11-24(12-14-25)17-8-6-5-7-9-17/h5-9,15H,3-4,10-14H2,1-2H3,(H,21,22,23). The summed E-state index contributed by atoms with van der Waals surface area (Å²) in [7, 11) is 0. The number of nitrogens with zero attached hydrogens (tertiary/aromatic N) is 4. The molecule has 0 saturated carbocycles. The van der Waals surface area contributed by atoms with E-state index in [9.17, 15) is 4.79 Å². The van der Waals surface area contributed by atoms with Crippen LogP contribution in [0.2, 0.25) is 0 Å². The van der Waals surface area contributed by atoms with Crippen LogP contribution < -0.4 is 10.2 Å². The summed E-state index contributed by atoms with van der Waals surface area (Å²) < 4.78 is 0. The molecule has 1 amide bonds. The fourth-order valence-corrected chi connectivity index (χ4v) is 3.13. The number of para-hydroxylation sites is 1. The Morgan fingerprint density at radius 1 is 1.12 bits per heavy atom. The lowest BCUT2D eigenvalue weighted by Crippen LogP contribution is -2.49. The highest BCUT2D eigenvalue weighted by atomic mass is 16.2. The maximum absolute atomic E-state index is 12.9. The van der Waals surface area contributed by atoms with Gasteiger partial charge in [-0.2, -0.15) is 0 Å². The number of carbonyl (C=O) groups is 1. The number of nitrogens with one attached hydrogen (secondary N) is 1. The van der Waals surface area contributed by atoms with Gasteiger partial charge in [0.25, 0.3) is 5.91 Å². The minimum absolute atomic E-state index is 0.0123. The van der Waals surface area contributed by atoms with Crippen molar-refractivity contribution in [3.63, 3.8) is 0 Å². The highest BCUT2D eigenvalue weighted by molar-refractivity contribution is 5.93. The van der Waals surface area contributed by atoms with Crippen LogP contribution in [0.3, 0.4) is 0 Å². The van der Waals surface area contributed by atoms with Gasteiger partial charge < -0.3 is 15.1 Å². The maximum atomic E-state index is 12.9. The van der Waals surface area contributed by atoms with Crippen molar-refractivity contribution in [3.05, 3.63) is 47.9 Å². The minimum Gasteiger partial charge on any atom is -0.370 e. The third-order valence-corrected chi connectivity index (χ3v) is 4.58. The fourth-order valence-electron chi connectivity index (χ4n) is 3.13. The van der Waals surface area contributed by atoms with Crippen LogP contribution in [-0.4, -0.2) is 53.5 Å². The van der Waals surface area contributed by atoms with E-state index in [1.165, 1.54) is 5.69 Å². The molecule has 1 aromatic heterocycles. The van der Waals surface area contributed by atoms with Gasteiger partial charge in [0.1, 0.15) is 17.3 Å². The molecule has 0 bridgehead atoms. The van der Waals surface area contributed by atoms with Crippen molar-refractivity contribution < 1.29 is 4.79 Å². The number of rotatable bonds is 6. The maximum Gasteiger partial charge on any atom is 0.272 e. The third kappa shape index (κ3) is 4.50. The molecule has 0 unspecified atom stereocenters. The second-order valence-corrected chi connectivity index (χ2v) is 6.58. The van der Waals surface area contributed by atoms with Gasteiger partial charge in [-0.3, -0.25) is 4.79 Å². The molecule has 0 aliphatic carbocycles. The first-order valence-electron chi connectivity index (χ1n) is 9.36. The first-order chi connectivity index (χ1) is 12.7. The van der Waals surface area contributed by atoms with E-state index < -0.39 is 0 Å². The third-order valence-electron chi connectivity index (χ3n) is 4.58. The number of aryl methyl sites for hydroxylation is 1. The summed E-state index contributed by atoms with van der Waals surface area (Å²) in [4.78, 5) is 25.8. The molecular weight excluding hydrogens is 326 g/mol. The second-order valence-electron chi connectivity index (χ2n) is 6.58. The molecule has 0 atom stereocenters. The van der Waals surface area contributed by atoms with Gasteiger partial charge in [0, 0.05) is 44.5 Å². The summed E-state index contributed by atoms with van der Waals surface area (Å²) in [6.07, 6.45) is 2.20. The fraction of sp³-hybridized carbons (Fsp3) is 0.450. The van der Waals surface area contributed by atoms with Crippen molar-refractivity contribution in [1.29, 1.82) is 0 Å². The van der Waals surface area contributed by atoms with Crippen LogP contribution in [0.25, 0.3) is 0 Å². The number of benzene rings is 1. The highest BCUT2D eigenvalue weighted by Gasteiger charge is 2.23. The molecule has 1 aliphatic heterocycles. The van der Waals surface area contributed by atoms with Gasteiger partial charge in [-0.15, -0.1) is 0 Å². The van der Waals surface area contributed by atoms with Crippen molar-refractivity contribution in [1.82, 2.24) is 14.9 Å². The molecule has 1 fully saturated rings. The van der Waals surface area contributed by atoms with E-state index in [4.69, 9.17) is 0 Å². The van der Waals surface area contributed by atoms with Gasteiger partial charge in [0.15, 0.2) is 0 Å². The Kier molecular flexibility index (Phi) is 6.04. The summed E-state index contributed by atoms with van der Waals surface area (Å²) >= 11 is 0. The number of aromatic nitrogens is 2. The largest absolute Gasteiger partial charge is 0.370 e. The molecule has 6 nitrogen and oxygen atoms in total. The molecule has 1 N–H and O–H groups in total. The van der Waals surface area contributed by atoms with E-state index >= 15 is 0 Å². The quantitative estimate of drug-likeness (QED) is 0.809. The van der Waals surface area contributed by atoms with E-state index in [2.05, 4.69) is 39.2 Å². The summed E-state index contributed by atoms with van der Waals surface area (Å²) in [5.41, 5.74) is 1.68. The number of carbonyl (C=O) groups excluding carboxylic acids is 1. The van der Waals surface area contributed by atoms with E-state index in [1.807, 2.05) is 30.0 Å². The highest BCUT2D eigenvalue weighted by Crippen LogP contribution is 2.17. The van der Waals surface area contributed by atoms with Gasteiger partial charge in [0.2, 0.25) is 0 Å². The number of unbranched alkanes of at least 4 members (excludes halogenated alkanes) is 1. The van der Waals surface area contributed by atoms with Crippen molar-refractivity contribution in [2.45, 2.75) is 26.7 Å². The smallest absolute Gasteiger partial charge is 0.272 e. The molecule has 0 radical (unpaired) electrons. The zero-order valence-corrected chi connectivity index (χ0v) is 15.6. The molecule has 138 valence electrons. The van der Waals surface area contributed by atoms with E-state index in [-0.39, 0.29) is 5.91 Å². The average Bonchev–Trinajstić information content (AvgIpc) is 2.68. The Bertz CT molecular complexity index is 726. The normalized spacial score (nSPS) is 14.4. The van der Waals surface area contributed by atoms with Crippen LogP contribution in [0.1, 0.15) is 36.1 Å². The number of amides is 1. The first-order valence-corrected chi connectivity index (χ1v) is 9.36. The summed E-state index contributed by atoms with van der Waals surface area (Å²) in [6.45, 7) is 7.91. The minimum atomic E-state index is -0.0123. The molecule has 0 spiro atoms. The Balaban J connectivity index is 1.63. The molecule has 1 aromatic carbocycles. The zero-order valence-electron chi connectivity index (χ0n) is 15.6. The lowest BCUT2D eigenvalue weighted by Gasteiger charge is -2.36. The first kappa shape index (κ1) is 18.2. The lowest BCUT2D eigenvalue weighted by atomic mass is 10.2. The summed E-state index contributed by atoms with van der Waals surface area (Å²) in [6, 6.07) is 12.1. The molecular formula is C20H27N5O. The van der Waals surface area contributed by atoms with Gasteiger partial charge in [0.05, 0.1) is 0 Å². The van der Waals surface area contributed by atoms with Crippen LogP contribution in [0.5, 0.6) is 0 Å². The Hall–Kier alpha value is -2.63. The van der Waals surface area contributed by atoms with E-state index in [0.717, 1.165) is 38.3 Å². The number of piperazine rings is 1. The molecule has 1 aliphatic rings. The summed E-state index contributed by atoms with van der Waals surface area (Å²) in [5, 5.41) is 3.28. The Morgan fingerprint density at radius 3 is 2.54 bits per heavy atom. The molecule has 2 heterocycles. The van der Waals surface area contributed by atoms with Gasteiger partial charge in [-0.05, 0) is 25.5 Å². The van der Waals surface area contributed by atoms with E-state index in [0.29, 0.717) is 24.6 Å². The van der Waals surface area contributed by atoms with Crippen LogP contribution in [0.15, 0.2) is 36.4 Å². The van der Waals surface area contributed by atoms with Crippen LogP contribution in [0.4, 0.5) is 11.5 Å². The van der Waals surface area contributed by atoms with Gasteiger partial charge in [-0.25, -0.2) is 9.97 Å². The monoisotopic (exact) mass is 353 g/mol. The number of hydrogen-bond acceptors (Lipinski definition) is 5. The molecule has 6 heteroatoms. The number of anilines is 2. The Labute approximate surface area is 155 Å². The second kappa shape index (κ2) is 8.65. The zero-order chi connectivity index (χ0) is 18.4. The van der Waals surface area contributed by atoms with Crippen molar-refractivity contribution in [3.8, 4) is 0 Å². The molecule has 3 rings (SSSR count). The van der Waals surface area contributed by atoms with Crippen LogP contribution in [-0.2, 0) is 0 Å². The lowest BCUT2D eigenvalue weighted by molar-refractivity contribution is 0.0740. The van der Waals surface area contributed by atoms with E-state index in [1.54, 1.807) is 6.07 Å². The SMILES string of the molecule is CCCCNc1cc(C(=O)N2CCN(c3ccccc3)CC2)nc(C)n1. The van der Waals surface area contributed by atoms with Crippen LogP contribution >= 0.6 is 0 Å². The van der Waals surface area contributed by atoms with Crippen molar-refractivity contribution >= 4 is 17.4 Å². The van der Waals surface area contributed by atoms with Crippen molar-refractivity contribution in [2.75, 3.05) is 42.9 Å². The molecule has 2 aromatic rings. The van der Waals surface area contributed by atoms with Gasteiger partial charge in [-0.1, -0.05) is 31.5 Å². The topological polar surface area (TPSA) is 61.4 Å². The summed E-state index contributed by atoms with van der Waals surface area (Å²) in [5.74, 6) is 1.34. The number of hydrogen-bond donors (Lipinski definition) is 1. The predicted octanol–water partition coefficient (Wildman–Crippen LogP) is 2.96.